The summed E-state index contributed by atoms with van der Waals surface area (Å²) in [5.41, 5.74) is 4.46. The van der Waals surface area contributed by atoms with Crippen LogP contribution in [0.3, 0.4) is 0 Å². The van der Waals surface area contributed by atoms with E-state index in [1.54, 1.807) is 42.5 Å². The Morgan fingerprint density at radius 2 is 1.71 bits per heavy atom. The number of halogens is 3. The maximum atomic E-state index is 12.2. The molecule has 9 heteroatoms. The Labute approximate surface area is 199 Å². The second-order valence-electron chi connectivity index (χ2n) is 6.73. The molecule has 1 heterocycles. The Kier molecular flexibility index (Phi) is 6.53. The number of benzene rings is 3. The van der Waals surface area contributed by atoms with E-state index in [-0.39, 0.29) is 17.1 Å². The standard InChI is InChI=1S/C22H16Cl3N3O2S/c23-14-6-9-16(10-7-14)30-18-11-8-15(12-17(18)24)26-22(31)27-28-20(19(25)21(28)29)13-4-2-1-3-5-13/h1-12,19-20H,(H2,26,27,31). The van der Waals surface area contributed by atoms with Crippen LogP contribution in [-0.4, -0.2) is 21.4 Å². The van der Waals surface area contributed by atoms with Gasteiger partial charge in [0.25, 0.3) is 5.91 Å². The Hall–Kier alpha value is -2.51. The van der Waals surface area contributed by atoms with Gasteiger partial charge in [-0.2, -0.15) is 0 Å². The molecule has 2 atom stereocenters. The summed E-state index contributed by atoms with van der Waals surface area (Å²) in [7, 11) is 0. The van der Waals surface area contributed by atoms with E-state index in [4.69, 9.17) is 51.8 Å². The van der Waals surface area contributed by atoms with Gasteiger partial charge >= 0.3 is 0 Å². The highest BCUT2D eigenvalue weighted by Gasteiger charge is 2.47. The maximum Gasteiger partial charge on any atom is 0.262 e. The number of hydrogen-bond acceptors (Lipinski definition) is 3. The summed E-state index contributed by atoms with van der Waals surface area (Å²) in [6.45, 7) is 0. The van der Waals surface area contributed by atoms with E-state index in [2.05, 4.69) is 10.7 Å². The van der Waals surface area contributed by atoms with Crippen molar-refractivity contribution in [3.05, 3.63) is 88.4 Å². The summed E-state index contributed by atoms with van der Waals surface area (Å²) in [6, 6.07) is 21.3. The second-order valence-corrected chi connectivity index (χ2v) is 8.45. The minimum atomic E-state index is -0.642. The normalized spacial score (nSPS) is 17.6. The van der Waals surface area contributed by atoms with E-state index in [1.807, 2.05) is 30.3 Å². The lowest BCUT2D eigenvalue weighted by Crippen LogP contribution is -2.63. The number of nitrogens with zero attached hydrogens (tertiary/aromatic N) is 1. The number of nitrogens with one attached hydrogen (secondary N) is 2. The van der Waals surface area contributed by atoms with Gasteiger partial charge in [-0.05, 0) is 60.2 Å². The van der Waals surface area contributed by atoms with Gasteiger partial charge in [-0.15, -0.1) is 11.6 Å². The molecule has 0 saturated carbocycles. The monoisotopic (exact) mass is 491 g/mol. The minimum Gasteiger partial charge on any atom is -0.456 e. The Bertz CT molecular complexity index is 1110. The topological polar surface area (TPSA) is 53.6 Å². The summed E-state index contributed by atoms with van der Waals surface area (Å²) >= 11 is 23.8. The summed E-state index contributed by atoms with van der Waals surface area (Å²) in [6.07, 6.45) is 0. The van der Waals surface area contributed by atoms with E-state index in [1.165, 1.54) is 5.01 Å². The number of ether oxygens (including phenoxy) is 1. The van der Waals surface area contributed by atoms with Crippen LogP contribution in [0.2, 0.25) is 10.0 Å². The molecule has 158 valence electrons. The first-order valence-electron chi connectivity index (χ1n) is 9.25. The molecule has 0 aliphatic carbocycles. The SMILES string of the molecule is O=C1C(Cl)C(c2ccccc2)N1NC(=S)Nc1ccc(Oc2ccc(Cl)cc2)c(Cl)c1. The predicted octanol–water partition coefficient (Wildman–Crippen LogP) is 6.18. The lowest BCUT2D eigenvalue weighted by Gasteiger charge is -2.44. The molecule has 3 aromatic carbocycles. The summed E-state index contributed by atoms with van der Waals surface area (Å²) in [5, 5.41) is 5.04. The molecule has 0 aromatic heterocycles. The molecule has 31 heavy (non-hydrogen) atoms. The maximum absolute atomic E-state index is 12.2. The van der Waals surface area contributed by atoms with Crippen LogP contribution in [-0.2, 0) is 4.79 Å². The zero-order chi connectivity index (χ0) is 22.0. The lowest BCUT2D eigenvalue weighted by atomic mass is 9.95. The molecule has 1 fully saturated rings. The molecule has 0 bridgehead atoms. The van der Waals surface area contributed by atoms with Crippen LogP contribution in [0.1, 0.15) is 11.6 Å². The van der Waals surface area contributed by atoms with Gasteiger partial charge in [0.2, 0.25) is 0 Å². The number of anilines is 1. The largest absolute Gasteiger partial charge is 0.456 e. The van der Waals surface area contributed by atoms with Crippen LogP contribution < -0.4 is 15.5 Å². The number of carbonyl (C=O) groups is 1. The third-order valence-electron chi connectivity index (χ3n) is 4.62. The average molecular weight is 493 g/mol. The molecule has 5 nitrogen and oxygen atoms in total. The molecule has 3 aromatic rings. The number of alkyl halides is 1. The molecule has 2 N–H and O–H groups in total. The summed E-state index contributed by atoms with van der Waals surface area (Å²) in [4.78, 5) is 12.2. The van der Waals surface area contributed by atoms with Crippen LogP contribution in [0.25, 0.3) is 0 Å². The molecule has 1 aliphatic heterocycles. The van der Waals surface area contributed by atoms with Gasteiger partial charge in [0.15, 0.2) is 5.11 Å². The second kappa shape index (κ2) is 9.32. The number of carbonyl (C=O) groups excluding carboxylic acids is 1. The van der Waals surface area contributed by atoms with Crippen molar-refractivity contribution in [1.82, 2.24) is 10.4 Å². The average Bonchev–Trinajstić information content (AvgIpc) is 2.77. The van der Waals surface area contributed by atoms with Crippen LogP contribution in [0, 0.1) is 0 Å². The van der Waals surface area contributed by atoms with Crippen molar-refractivity contribution in [3.63, 3.8) is 0 Å². The molecule has 0 spiro atoms. The third kappa shape index (κ3) is 4.88. The number of hydrogen-bond donors (Lipinski definition) is 2. The van der Waals surface area contributed by atoms with E-state index < -0.39 is 5.38 Å². The highest BCUT2D eigenvalue weighted by Crippen LogP contribution is 2.37. The van der Waals surface area contributed by atoms with E-state index in [0.717, 1.165) is 5.56 Å². The van der Waals surface area contributed by atoms with Gasteiger partial charge in [0.1, 0.15) is 22.9 Å². The van der Waals surface area contributed by atoms with E-state index in [0.29, 0.717) is 27.2 Å². The molecule has 0 radical (unpaired) electrons. The molecule has 4 rings (SSSR count). The fourth-order valence-electron chi connectivity index (χ4n) is 3.11. The van der Waals surface area contributed by atoms with Crippen LogP contribution in [0.5, 0.6) is 11.5 Å². The van der Waals surface area contributed by atoms with Gasteiger partial charge < -0.3 is 10.1 Å². The van der Waals surface area contributed by atoms with Gasteiger partial charge in [-0.3, -0.25) is 10.2 Å². The number of amides is 1. The zero-order valence-corrected chi connectivity index (χ0v) is 19.0. The third-order valence-corrected chi connectivity index (χ3v) is 5.79. The molecule has 1 aliphatic rings. The Balaban J connectivity index is 1.40. The Morgan fingerprint density at radius 1 is 1.00 bits per heavy atom. The molecular formula is C22H16Cl3N3O2S. The molecule has 1 amide bonds. The van der Waals surface area contributed by atoms with Gasteiger partial charge in [-0.25, -0.2) is 5.01 Å². The first-order chi connectivity index (χ1) is 14.9. The molecule has 1 saturated heterocycles. The first-order valence-corrected chi connectivity index (χ1v) is 10.8. The highest BCUT2D eigenvalue weighted by molar-refractivity contribution is 7.80. The lowest BCUT2D eigenvalue weighted by molar-refractivity contribution is -0.148. The zero-order valence-electron chi connectivity index (χ0n) is 15.9. The predicted molar refractivity (Wildman–Crippen MR) is 128 cm³/mol. The molecular weight excluding hydrogens is 477 g/mol. The Morgan fingerprint density at radius 3 is 2.39 bits per heavy atom. The number of rotatable bonds is 5. The number of hydrazine groups is 1. The van der Waals surface area contributed by atoms with Crippen molar-refractivity contribution in [3.8, 4) is 11.5 Å². The quantitative estimate of drug-likeness (QED) is 0.253. The van der Waals surface area contributed by atoms with E-state index in [9.17, 15) is 4.79 Å². The van der Waals surface area contributed by atoms with Gasteiger partial charge in [-0.1, -0.05) is 53.5 Å². The van der Waals surface area contributed by atoms with E-state index >= 15 is 0 Å². The van der Waals surface area contributed by atoms with Crippen LogP contribution in [0.15, 0.2) is 72.8 Å². The van der Waals surface area contributed by atoms with Crippen molar-refractivity contribution >= 4 is 63.7 Å². The number of β-lactam (4-membered cyclic amide) rings is 1. The van der Waals surface area contributed by atoms with Gasteiger partial charge in [0.05, 0.1) is 5.02 Å². The van der Waals surface area contributed by atoms with Crippen molar-refractivity contribution in [2.24, 2.45) is 0 Å². The minimum absolute atomic E-state index is 0.236. The summed E-state index contributed by atoms with van der Waals surface area (Å²) in [5.74, 6) is 0.855. The fourth-order valence-corrected chi connectivity index (χ4v) is 4.03. The van der Waals surface area contributed by atoms with Crippen molar-refractivity contribution < 1.29 is 9.53 Å². The van der Waals surface area contributed by atoms with Gasteiger partial charge in [0, 0.05) is 10.7 Å². The first kappa shape index (κ1) is 21.7. The van der Waals surface area contributed by atoms with Crippen molar-refractivity contribution in [2.75, 3.05) is 5.32 Å². The van der Waals surface area contributed by atoms with Crippen molar-refractivity contribution in [1.29, 1.82) is 0 Å². The van der Waals surface area contributed by atoms with Crippen LogP contribution in [0.4, 0.5) is 5.69 Å². The van der Waals surface area contributed by atoms with Crippen molar-refractivity contribution in [2.45, 2.75) is 11.4 Å². The molecule has 2 unspecified atom stereocenters. The highest BCUT2D eigenvalue weighted by atomic mass is 35.5. The number of thiocarbonyl (C=S) groups is 1. The van der Waals surface area contributed by atoms with Crippen LogP contribution >= 0.6 is 47.0 Å². The fraction of sp³-hybridized carbons (Fsp3) is 0.0909. The summed E-state index contributed by atoms with van der Waals surface area (Å²) < 4.78 is 5.77. The smallest absolute Gasteiger partial charge is 0.262 e.